The highest BCUT2D eigenvalue weighted by Crippen LogP contribution is 2.25. The molecule has 2 aromatic carbocycles. The van der Waals surface area contributed by atoms with Crippen LogP contribution in [0.15, 0.2) is 58.3 Å². The summed E-state index contributed by atoms with van der Waals surface area (Å²) in [5.74, 6) is -0.0250. The Kier molecular flexibility index (Phi) is 7.47. The molecule has 5 nitrogen and oxygen atoms in total. The van der Waals surface area contributed by atoms with Gasteiger partial charge in [-0.2, -0.15) is 0 Å². The summed E-state index contributed by atoms with van der Waals surface area (Å²) in [4.78, 5) is 15.7. The van der Waals surface area contributed by atoms with E-state index in [1.54, 1.807) is 23.9 Å². The van der Waals surface area contributed by atoms with Crippen molar-refractivity contribution in [3.05, 3.63) is 54.1 Å². The quantitative estimate of drug-likeness (QED) is 0.675. The molecule has 1 amide bonds. The number of sulfone groups is 1. The zero-order chi connectivity index (χ0) is 20.0. The lowest BCUT2D eigenvalue weighted by atomic mass is 10.1. The van der Waals surface area contributed by atoms with Gasteiger partial charge >= 0.3 is 0 Å². The smallest absolute Gasteiger partial charge is 0.225 e. The molecule has 0 aliphatic carbocycles. The van der Waals surface area contributed by atoms with Crippen LogP contribution in [0.5, 0.6) is 0 Å². The highest BCUT2D eigenvalue weighted by molar-refractivity contribution is 7.98. The lowest BCUT2D eigenvalue weighted by molar-refractivity contribution is -0.116. The Hall–Kier alpha value is -1.83. The van der Waals surface area contributed by atoms with Crippen molar-refractivity contribution in [1.29, 1.82) is 0 Å². The van der Waals surface area contributed by atoms with Gasteiger partial charge < -0.3 is 5.32 Å². The van der Waals surface area contributed by atoms with Crippen molar-refractivity contribution in [3.8, 4) is 0 Å². The third kappa shape index (κ3) is 6.09. The van der Waals surface area contributed by atoms with E-state index >= 15 is 0 Å². The van der Waals surface area contributed by atoms with Gasteiger partial charge in [-0.3, -0.25) is 9.69 Å². The molecule has 27 heavy (non-hydrogen) atoms. The van der Waals surface area contributed by atoms with Crippen molar-refractivity contribution < 1.29 is 13.2 Å². The van der Waals surface area contributed by atoms with Crippen LogP contribution in [0, 0.1) is 0 Å². The van der Waals surface area contributed by atoms with Crippen molar-refractivity contribution in [3.63, 3.8) is 0 Å². The molecule has 0 spiro atoms. The van der Waals surface area contributed by atoms with Crippen LogP contribution < -0.4 is 5.32 Å². The third-order valence-corrected chi connectivity index (χ3v) is 6.45. The molecule has 0 fully saturated rings. The van der Waals surface area contributed by atoms with Crippen LogP contribution in [-0.2, 0) is 14.6 Å². The molecular formula is C20H26N2O3S2. The first-order valence-corrected chi connectivity index (χ1v) is 11.8. The molecule has 0 aliphatic rings. The fourth-order valence-electron chi connectivity index (χ4n) is 2.68. The highest BCUT2D eigenvalue weighted by atomic mass is 32.2. The Balaban J connectivity index is 1.92. The molecule has 7 heteroatoms. The van der Waals surface area contributed by atoms with E-state index in [2.05, 4.69) is 10.2 Å². The fourth-order valence-corrected chi connectivity index (χ4v) is 3.86. The number of para-hydroxylation sites is 1. The van der Waals surface area contributed by atoms with E-state index in [9.17, 15) is 13.2 Å². The summed E-state index contributed by atoms with van der Waals surface area (Å²) < 4.78 is 23.1. The van der Waals surface area contributed by atoms with Gasteiger partial charge in [0.2, 0.25) is 5.91 Å². The number of nitrogens with zero attached hydrogens (tertiary/aromatic N) is 1. The van der Waals surface area contributed by atoms with Crippen LogP contribution in [0.1, 0.15) is 24.9 Å². The van der Waals surface area contributed by atoms with E-state index < -0.39 is 9.84 Å². The van der Waals surface area contributed by atoms with Gasteiger partial charge in [0.25, 0.3) is 0 Å². The average Bonchev–Trinajstić information content (AvgIpc) is 2.65. The molecule has 1 unspecified atom stereocenters. The predicted octanol–water partition coefficient (Wildman–Crippen LogP) is 3.83. The Morgan fingerprint density at radius 1 is 1.15 bits per heavy atom. The standard InChI is InChI=1S/C20H26N2O3S2/c1-15(16-9-11-17(12-10-16)27(4,24)25)22(2)14-13-20(23)21-18-7-5-6-8-19(18)26-3/h5-12,15H,13-14H2,1-4H3,(H,21,23). The molecule has 0 saturated heterocycles. The number of benzene rings is 2. The molecule has 0 saturated carbocycles. The number of amides is 1. The van der Waals surface area contributed by atoms with E-state index in [0.29, 0.717) is 17.9 Å². The van der Waals surface area contributed by atoms with Gasteiger partial charge in [0.1, 0.15) is 0 Å². The zero-order valence-corrected chi connectivity index (χ0v) is 17.7. The molecule has 0 bridgehead atoms. The van der Waals surface area contributed by atoms with Crippen LogP contribution >= 0.6 is 11.8 Å². The summed E-state index contributed by atoms with van der Waals surface area (Å²) in [5, 5.41) is 2.97. The van der Waals surface area contributed by atoms with Crippen LogP contribution in [0.25, 0.3) is 0 Å². The second-order valence-corrected chi connectivity index (χ2v) is 9.36. The van der Waals surface area contributed by atoms with Gasteiger partial charge in [0, 0.05) is 30.2 Å². The largest absolute Gasteiger partial charge is 0.325 e. The first-order chi connectivity index (χ1) is 12.7. The Morgan fingerprint density at radius 2 is 1.78 bits per heavy atom. The maximum atomic E-state index is 12.3. The maximum absolute atomic E-state index is 12.3. The lowest BCUT2D eigenvalue weighted by Gasteiger charge is -2.25. The minimum atomic E-state index is -3.19. The summed E-state index contributed by atoms with van der Waals surface area (Å²) in [6.07, 6.45) is 3.56. The molecule has 146 valence electrons. The summed E-state index contributed by atoms with van der Waals surface area (Å²) in [6, 6.07) is 14.7. The normalized spacial score (nSPS) is 12.8. The summed E-state index contributed by atoms with van der Waals surface area (Å²) >= 11 is 1.60. The maximum Gasteiger partial charge on any atom is 0.225 e. The van der Waals surface area contributed by atoms with Crippen molar-refractivity contribution in [2.45, 2.75) is 29.2 Å². The monoisotopic (exact) mass is 406 g/mol. The van der Waals surface area contributed by atoms with Crippen molar-refractivity contribution in [2.75, 3.05) is 31.4 Å². The van der Waals surface area contributed by atoms with Crippen molar-refractivity contribution >= 4 is 33.2 Å². The van der Waals surface area contributed by atoms with Crippen LogP contribution in [0.2, 0.25) is 0 Å². The number of anilines is 1. The van der Waals surface area contributed by atoms with Gasteiger partial charge in [-0.15, -0.1) is 11.8 Å². The zero-order valence-electron chi connectivity index (χ0n) is 16.1. The van der Waals surface area contributed by atoms with E-state index in [0.717, 1.165) is 16.1 Å². The van der Waals surface area contributed by atoms with E-state index in [4.69, 9.17) is 0 Å². The minimum absolute atomic E-state index is 0.0250. The SMILES string of the molecule is CSc1ccccc1NC(=O)CCN(C)C(C)c1ccc(S(C)(=O)=O)cc1. The Labute approximate surface area is 166 Å². The number of carbonyl (C=O) groups is 1. The number of thioether (sulfide) groups is 1. The van der Waals surface area contributed by atoms with E-state index in [-0.39, 0.29) is 11.9 Å². The molecule has 0 heterocycles. The number of hydrogen-bond donors (Lipinski definition) is 1. The molecule has 0 radical (unpaired) electrons. The van der Waals surface area contributed by atoms with E-state index in [1.165, 1.54) is 6.26 Å². The molecular weight excluding hydrogens is 380 g/mol. The second-order valence-electron chi connectivity index (χ2n) is 6.50. The van der Waals surface area contributed by atoms with Crippen molar-refractivity contribution in [1.82, 2.24) is 4.90 Å². The average molecular weight is 407 g/mol. The number of nitrogens with one attached hydrogen (secondary N) is 1. The van der Waals surface area contributed by atoms with Crippen LogP contribution in [-0.4, -0.2) is 45.3 Å². The lowest BCUT2D eigenvalue weighted by Crippen LogP contribution is -2.27. The molecule has 2 rings (SSSR count). The van der Waals surface area contributed by atoms with Crippen LogP contribution in [0.3, 0.4) is 0 Å². The minimum Gasteiger partial charge on any atom is -0.325 e. The van der Waals surface area contributed by atoms with Crippen molar-refractivity contribution in [2.24, 2.45) is 0 Å². The van der Waals surface area contributed by atoms with Gasteiger partial charge in [-0.05, 0) is 50.1 Å². The number of rotatable bonds is 8. The summed E-state index contributed by atoms with van der Waals surface area (Å²) in [6.45, 7) is 2.64. The first kappa shape index (κ1) is 21.5. The topological polar surface area (TPSA) is 66.5 Å². The van der Waals surface area contributed by atoms with Crippen LogP contribution in [0.4, 0.5) is 5.69 Å². The first-order valence-electron chi connectivity index (χ1n) is 8.65. The van der Waals surface area contributed by atoms with E-state index in [1.807, 2.05) is 56.6 Å². The Bertz CT molecular complexity index is 880. The molecule has 2 aromatic rings. The fraction of sp³-hybridized carbons (Fsp3) is 0.350. The van der Waals surface area contributed by atoms with Gasteiger partial charge in [-0.1, -0.05) is 24.3 Å². The van der Waals surface area contributed by atoms with Gasteiger partial charge in [-0.25, -0.2) is 8.42 Å². The van der Waals surface area contributed by atoms with Gasteiger partial charge in [0.05, 0.1) is 10.6 Å². The highest BCUT2D eigenvalue weighted by Gasteiger charge is 2.15. The predicted molar refractivity (Wildman–Crippen MR) is 112 cm³/mol. The molecule has 1 atom stereocenters. The summed E-state index contributed by atoms with van der Waals surface area (Å²) in [5.41, 5.74) is 1.85. The Morgan fingerprint density at radius 3 is 2.37 bits per heavy atom. The third-order valence-electron chi connectivity index (χ3n) is 4.52. The summed E-state index contributed by atoms with van der Waals surface area (Å²) in [7, 11) is -1.23. The number of hydrogen-bond acceptors (Lipinski definition) is 5. The van der Waals surface area contributed by atoms with Gasteiger partial charge in [0.15, 0.2) is 9.84 Å². The molecule has 1 N–H and O–H groups in total. The molecule has 0 aromatic heterocycles. The second kappa shape index (κ2) is 9.39. The molecule has 0 aliphatic heterocycles. The number of carbonyl (C=O) groups excluding carboxylic acids is 1.